The number of hydrogen-bond acceptors (Lipinski definition) is 7. The summed E-state index contributed by atoms with van der Waals surface area (Å²) in [6.07, 6.45) is 3.21. The predicted octanol–water partition coefficient (Wildman–Crippen LogP) is 2.80. The number of piperidine rings is 1. The van der Waals surface area contributed by atoms with Crippen LogP contribution in [0.1, 0.15) is 37.3 Å². The monoisotopic (exact) mass is 476 g/mol. The Morgan fingerprint density at radius 3 is 2.70 bits per heavy atom. The van der Waals surface area contributed by atoms with Crippen LogP contribution in [0.3, 0.4) is 0 Å². The van der Waals surface area contributed by atoms with E-state index in [0.717, 1.165) is 18.1 Å². The number of hydrogen-bond donors (Lipinski definition) is 1. The molecular weight excluding hydrogens is 448 g/mol. The van der Waals surface area contributed by atoms with Gasteiger partial charge in [0, 0.05) is 49.4 Å². The second-order valence-corrected chi connectivity index (χ2v) is 9.83. The van der Waals surface area contributed by atoms with E-state index in [0.29, 0.717) is 30.9 Å². The van der Waals surface area contributed by atoms with Gasteiger partial charge >= 0.3 is 0 Å². The fraction of sp³-hybridized carbons (Fsp3) is 0.455. The van der Waals surface area contributed by atoms with Gasteiger partial charge < -0.3 is 10.1 Å². The van der Waals surface area contributed by atoms with Crippen LogP contribution >= 0.6 is 0 Å². The average molecular weight is 477 g/mol. The Hall–Kier alpha value is -3.05. The first-order chi connectivity index (χ1) is 15.7. The molecule has 1 aliphatic rings. The molecule has 1 aromatic carbocycles. The van der Waals surface area contributed by atoms with Crippen LogP contribution in [0.25, 0.3) is 0 Å². The van der Waals surface area contributed by atoms with E-state index in [9.17, 15) is 23.3 Å². The van der Waals surface area contributed by atoms with Crippen LogP contribution in [0, 0.1) is 23.0 Å². The van der Waals surface area contributed by atoms with Crippen molar-refractivity contribution in [2.24, 2.45) is 5.92 Å². The molecule has 0 unspecified atom stereocenters. The van der Waals surface area contributed by atoms with E-state index in [-0.39, 0.29) is 42.0 Å². The highest BCUT2D eigenvalue weighted by Gasteiger charge is 2.33. The molecule has 3 rings (SSSR count). The molecule has 10 nitrogen and oxygen atoms in total. The van der Waals surface area contributed by atoms with E-state index in [1.165, 1.54) is 16.4 Å². The summed E-state index contributed by atoms with van der Waals surface area (Å²) in [7, 11) is -3.90. The maximum atomic E-state index is 13.1. The smallest absolute Gasteiger partial charge is 0.270 e. The molecule has 0 saturated carbocycles. The fourth-order valence-corrected chi connectivity index (χ4v) is 5.41. The van der Waals surface area contributed by atoms with Gasteiger partial charge in [0.2, 0.25) is 21.8 Å². The number of ether oxygens (including phenoxy) is 1. The van der Waals surface area contributed by atoms with Gasteiger partial charge in [0.05, 0.1) is 16.4 Å². The summed E-state index contributed by atoms with van der Waals surface area (Å²) < 4.78 is 33.1. The standard InChI is InChI=1S/C22H28N4O6S/c1-3-13-32-22-18(5-4-10-23-22)15-24-21(27)17-8-11-25(12-9-17)33(30,31)20-14-19(26(28)29)7-6-16(20)2/h4-7,10,14,17H,3,8-9,11-13,15H2,1-2H3,(H,24,27). The lowest BCUT2D eigenvalue weighted by Gasteiger charge is -2.31. The van der Waals surface area contributed by atoms with Crippen LogP contribution in [-0.4, -0.2) is 48.2 Å². The molecule has 0 radical (unpaired) electrons. The van der Waals surface area contributed by atoms with Crippen LogP contribution < -0.4 is 10.1 Å². The van der Waals surface area contributed by atoms with Crippen molar-refractivity contribution in [3.8, 4) is 5.88 Å². The summed E-state index contributed by atoms with van der Waals surface area (Å²) in [6.45, 7) is 4.75. The molecule has 0 bridgehead atoms. The second-order valence-electron chi connectivity index (χ2n) is 7.92. The number of nitro groups is 1. The number of sulfonamides is 1. The van der Waals surface area contributed by atoms with Crippen LogP contribution in [0.15, 0.2) is 41.4 Å². The Kier molecular flexibility index (Phi) is 7.98. The number of non-ortho nitro benzene ring substituents is 1. The molecular formula is C22H28N4O6S. The number of carbonyl (C=O) groups excluding carboxylic acids is 1. The summed E-state index contributed by atoms with van der Waals surface area (Å²) in [4.78, 5) is 27.3. The number of aromatic nitrogens is 1. The van der Waals surface area contributed by atoms with Crippen LogP contribution in [0.4, 0.5) is 5.69 Å². The first kappa shape index (κ1) is 24.6. The molecule has 1 aliphatic heterocycles. The summed E-state index contributed by atoms with van der Waals surface area (Å²) in [5, 5.41) is 14.0. The molecule has 1 saturated heterocycles. The first-order valence-corrected chi connectivity index (χ1v) is 12.3. The number of carbonyl (C=O) groups is 1. The van der Waals surface area contributed by atoms with Crippen molar-refractivity contribution in [3.63, 3.8) is 0 Å². The zero-order valence-electron chi connectivity index (χ0n) is 18.7. The van der Waals surface area contributed by atoms with Crippen LogP contribution in [-0.2, 0) is 21.4 Å². The Balaban J connectivity index is 1.60. The van der Waals surface area contributed by atoms with Gasteiger partial charge in [-0.1, -0.05) is 19.1 Å². The van der Waals surface area contributed by atoms with Gasteiger partial charge in [-0.15, -0.1) is 0 Å². The van der Waals surface area contributed by atoms with E-state index in [1.807, 2.05) is 13.0 Å². The zero-order valence-corrected chi connectivity index (χ0v) is 19.5. The zero-order chi connectivity index (χ0) is 24.0. The third kappa shape index (κ3) is 5.85. The largest absolute Gasteiger partial charge is 0.477 e. The summed E-state index contributed by atoms with van der Waals surface area (Å²) in [6, 6.07) is 7.43. The molecule has 11 heteroatoms. The molecule has 178 valence electrons. The maximum absolute atomic E-state index is 13.1. The normalized spacial score (nSPS) is 15.2. The minimum Gasteiger partial charge on any atom is -0.477 e. The predicted molar refractivity (Wildman–Crippen MR) is 121 cm³/mol. The van der Waals surface area contributed by atoms with Gasteiger partial charge in [0.25, 0.3) is 5.69 Å². The summed E-state index contributed by atoms with van der Waals surface area (Å²) in [5.41, 5.74) is 0.949. The van der Waals surface area contributed by atoms with Gasteiger partial charge in [-0.2, -0.15) is 4.31 Å². The van der Waals surface area contributed by atoms with Crippen molar-refractivity contribution in [2.75, 3.05) is 19.7 Å². The molecule has 0 atom stereocenters. The maximum Gasteiger partial charge on any atom is 0.270 e. The Morgan fingerprint density at radius 1 is 1.30 bits per heavy atom. The molecule has 1 aromatic heterocycles. The van der Waals surface area contributed by atoms with E-state index in [1.54, 1.807) is 19.2 Å². The van der Waals surface area contributed by atoms with Gasteiger partial charge in [0.15, 0.2) is 0 Å². The van der Waals surface area contributed by atoms with E-state index in [2.05, 4.69) is 10.3 Å². The highest BCUT2D eigenvalue weighted by atomic mass is 32.2. The Labute approximate surface area is 193 Å². The van der Waals surface area contributed by atoms with E-state index in [4.69, 9.17) is 4.74 Å². The molecule has 1 N–H and O–H groups in total. The number of benzene rings is 1. The van der Waals surface area contributed by atoms with Crippen molar-refractivity contribution in [1.82, 2.24) is 14.6 Å². The third-order valence-electron chi connectivity index (χ3n) is 5.57. The van der Waals surface area contributed by atoms with E-state index < -0.39 is 14.9 Å². The molecule has 33 heavy (non-hydrogen) atoms. The molecule has 1 amide bonds. The van der Waals surface area contributed by atoms with Crippen molar-refractivity contribution >= 4 is 21.6 Å². The van der Waals surface area contributed by atoms with Gasteiger partial charge in [-0.05, 0) is 37.8 Å². The highest BCUT2D eigenvalue weighted by Crippen LogP contribution is 2.28. The number of amides is 1. The number of rotatable bonds is 9. The molecule has 0 spiro atoms. The van der Waals surface area contributed by atoms with Gasteiger partial charge in [-0.25, -0.2) is 13.4 Å². The SMILES string of the molecule is CCCOc1ncccc1CNC(=O)C1CCN(S(=O)(=O)c2cc([N+](=O)[O-])ccc2C)CC1. The molecule has 2 heterocycles. The van der Waals surface area contributed by atoms with Crippen LogP contribution in [0.2, 0.25) is 0 Å². The number of aryl methyl sites for hydroxylation is 1. The quantitative estimate of drug-likeness (QED) is 0.435. The minimum absolute atomic E-state index is 0.0733. The summed E-state index contributed by atoms with van der Waals surface area (Å²) >= 11 is 0. The lowest BCUT2D eigenvalue weighted by atomic mass is 9.97. The topological polar surface area (TPSA) is 132 Å². The Bertz CT molecular complexity index is 1110. The molecule has 0 aliphatic carbocycles. The van der Waals surface area contributed by atoms with Crippen molar-refractivity contribution in [2.45, 2.75) is 44.6 Å². The average Bonchev–Trinajstić information content (AvgIpc) is 2.81. The lowest BCUT2D eigenvalue weighted by Crippen LogP contribution is -2.43. The Morgan fingerprint density at radius 2 is 2.03 bits per heavy atom. The van der Waals surface area contributed by atoms with Crippen LogP contribution in [0.5, 0.6) is 5.88 Å². The minimum atomic E-state index is -3.90. The van der Waals surface area contributed by atoms with Gasteiger partial charge in [0.1, 0.15) is 0 Å². The van der Waals surface area contributed by atoms with Gasteiger partial charge in [-0.3, -0.25) is 14.9 Å². The summed E-state index contributed by atoms with van der Waals surface area (Å²) in [5.74, 6) is 0.0242. The third-order valence-corrected chi connectivity index (χ3v) is 7.61. The van der Waals surface area contributed by atoms with Crippen molar-refractivity contribution in [1.29, 1.82) is 0 Å². The molecule has 1 fully saturated rings. The number of nitrogens with zero attached hydrogens (tertiary/aromatic N) is 3. The lowest BCUT2D eigenvalue weighted by molar-refractivity contribution is -0.385. The number of pyridine rings is 1. The highest BCUT2D eigenvalue weighted by molar-refractivity contribution is 7.89. The van der Waals surface area contributed by atoms with Crippen molar-refractivity contribution < 1.29 is 22.9 Å². The fourth-order valence-electron chi connectivity index (χ4n) is 3.69. The first-order valence-electron chi connectivity index (χ1n) is 10.8. The number of nitrogens with one attached hydrogen (secondary N) is 1. The molecule has 2 aromatic rings. The van der Waals surface area contributed by atoms with E-state index >= 15 is 0 Å². The second kappa shape index (κ2) is 10.7. The number of nitro benzene ring substituents is 1. The van der Waals surface area contributed by atoms with Crippen molar-refractivity contribution in [3.05, 3.63) is 57.8 Å².